The van der Waals surface area contributed by atoms with Crippen LogP contribution in [0.5, 0.6) is 0 Å². The smallest absolute Gasteiger partial charge is 0.347 e. The highest BCUT2D eigenvalue weighted by molar-refractivity contribution is 5.25. The third-order valence-electron chi connectivity index (χ3n) is 7.02. The molecule has 2 atom stereocenters. The van der Waals surface area contributed by atoms with Gasteiger partial charge in [-0.2, -0.15) is 13.2 Å². The van der Waals surface area contributed by atoms with Gasteiger partial charge in [0.25, 0.3) is 0 Å². The molecular weight excluding hydrogens is 377 g/mol. The molecule has 0 N–H and O–H groups in total. The molecule has 29 heavy (non-hydrogen) atoms. The van der Waals surface area contributed by atoms with Crippen molar-refractivity contribution in [1.29, 1.82) is 0 Å². The van der Waals surface area contributed by atoms with Crippen molar-refractivity contribution in [2.24, 2.45) is 11.8 Å². The maximum atomic E-state index is 12.7. The lowest BCUT2D eigenvalue weighted by molar-refractivity contribution is -0.193. The molecule has 1 heterocycles. The van der Waals surface area contributed by atoms with E-state index in [2.05, 4.69) is 13.0 Å². The van der Waals surface area contributed by atoms with E-state index in [4.69, 9.17) is 9.47 Å². The average molecular weight is 409 g/mol. The van der Waals surface area contributed by atoms with Crippen LogP contribution in [0.25, 0.3) is 0 Å². The quantitative estimate of drug-likeness (QED) is 0.517. The van der Waals surface area contributed by atoms with E-state index >= 15 is 0 Å². The van der Waals surface area contributed by atoms with Crippen molar-refractivity contribution < 1.29 is 22.6 Å². The van der Waals surface area contributed by atoms with Gasteiger partial charge in [-0.3, -0.25) is 0 Å². The van der Waals surface area contributed by atoms with Crippen LogP contribution in [0, 0.1) is 11.8 Å². The molecule has 3 aliphatic rings. The number of rotatable bonds is 4. The van der Waals surface area contributed by atoms with E-state index in [1.165, 1.54) is 37.0 Å². The molecule has 1 aliphatic heterocycles. The predicted octanol–water partition coefficient (Wildman–Crippen LogP) is 6.69. The minimum absolute atomic E-state index is 0.219. The van der Waals surface area contributed by atoms with Crippen molar-refractivity contribution in [1.82, 2.24) is 0 Å². The molecule has 0 aromatic heterocycles. The van der Waals surface area contributed by atoms with Crippen molar-refractivity contribution >= 4 is 0 Å². The molecule has 2 fully saturated rings. The normalized spacial score (nSPS) is 33.1. The Labute approximate surface area is 171 Å². The van der Waals surface area contributed by atoms with Gasteiger partial charge in [-0.25, -0.2) is 0 Å². The monoisotopic (exact) mass is 408 g/mol. The Bertz CT molecular complexity index is 715. The summed E-state index contributed by atoms with van der Waals surface area (Å²) in [5.41, 5.74) is 1.87. The zero-order valence-corrected chi connectivity index (χ0v) is 17.1. The predicted molar refractivity (Wildman–Crippen MR) is 106 cm³/mol. The van der Waals surface area contributed by atoms with Crippen molar-refractivity contribution in [3.05, 3.63) is 47.0 Å². The molecule has 0 amide bonds. The minimum Gasteiger partial charge on any atom is -0.347 e. The highest BCUT2D eigenvalue weighted by atomic mass is 19.4. The fourth-order valence-corrected chi connectivity index (χ4v) is 5.25. The van der Waals surface area contributed by atoms with Crippen LogP contribution in [0.4, 0.5) is 13.2 Å². The van der Waals surface area contributed by atoms with Crippen LogP contribution < -0.4 is 0 Å². The van der Waals surface area contributed by atoms with Gasteiger partial charge in [0.1, 0.15) is 0 Å². The zero-order chi connectivity index (χ0) is 20.5. The van der Waals surface area contributed by atoms with Gasteiger partial charge in [0.2, 0.25) is 0 Å². The number of benzene rings is 1. The Morgan fingerprint density at radius 1 is 1.00 bits per heavy atom. The average Bonchev–Trinajstić information content (AvgIpc) is 3.07. The van der Waals surface area contributed by atoms with Crippen LogP contribution in [0.1, 0.15) is 69.4 Å². The molecule has 1 spiro atoms. The second kappa shape index (κ2) is 8.43. The Kier molecular flexibility index (Phi) is 6.08. The first-order chi connectivity index (χ1) is 13.8. The summed E-state index contributed by atoms with van der Waals surface area (Å²) < 4.78 is 50.0. The van der Waals surface area contributed by atoms with E-state index in [-0.39, 0.29) is 11.9 Å². The largest absolute Gasteiger partial charge is 0.416 e. The SMILES string of the molecule is CC1COC2(CCC(C3CC=C(CCc4ccc(C(F)(F)F)cc4)CC3)CC2)O1. The Balaban J connectivity index is 1.23. The van der Waals surface area contributed by atoms with Gasteiger partial charge in [0.05, 0.1) is 18.3 Å². The summed E-state index contributed by atoms with van der Waals surface area (Å²) in [7, 11) is 0. The van der Waals surface area contributed by atoms with E-state index in [0.717, 1.165) is 62.5 Å². The second-order valence-electron chi connectivity index (χ2n) is 9.08. The fraction of sp³-hybridized carbons (Fsp3) is 0.667. The van der Waals surface area contributed by atoms with Crippen molar-refractivity contribution in [3.63, 3.8) is 0 Å². The molecule has 1 aromatic carbocycles. The molecule has 5 heteroatoms. The molecule has 160 valence electrons. The number of halogens is 3. The molecule has 4 rings (SSSR count). The lowest BCUT2D eigenvalue weighted by Crippen LogP contribution is -2.37. The van der Waals surface area contributed by atoms with Gasteiger partial charge in [-0.15, -0.1) is 0 Å². The number of aryl methyl sites for hydroxylation is 1. The summed E-state index contributed by atoms with van der Waals surface area (Å²) in [6, 6.07) is 5.60. The van der Waals surface area contributed by atoms with E-state index in [0.29, 0.717) is 0 Å². The number of allylic oxidation sites excluding steroid dienone is 2. The number of alkyl halides is 3. The highest BCUT2D eigenvalue weighted by Gasteiger charge is 2.44. The van der Waals surface area contributed by atoms with E-state index in [9.17, 15) is 13.2 Å². The minimum atomic E-state index is -4.26. The molecule has 2 unspecified atom stereocenters. The lowest BCUT2D eigenvalue weighted by Gasteiger charge is -2.39. The molecule has 1 saturated carbocycles. The lowest BCUT2D eigenvalue weighted by atomic mass is 9.72. The highest BCUT2D eigenvalue weighted by Crippen LogP contribution is 2.45. The van der Waals surface area contributed by atoms with Gasteiger partial charge < -0.3 is 9.47 Å². The summed E-state index contributed by atoms with van der Waals surface area (Å²) in [5.74, 6) is 1.21. The number of ether oxygens (including phenoxy) is 2. The first kappa shape index (κ1) is 20.9. The van der Waals surface area contributed by atoms with Gasteiger partial charge in [0.15, 0.2) is 5.79 Å². The molecule has 0 bridgehead atoms. The molecular formula is C24H31F3O2. The number of hydrogen-bond acceptors (Lipinski definition) is 2. The van der Waals surface area contributed by atoms with Gasteiger partial charge in [-0.1, -0.05) is 23.8 Å². The Hall–Kier alpha value is -1.33. The summed E-state index contributed by atoms with van der Waals surface area (Å²) in [6.45, 7) is 2.80. The summed E-state index contributed by atoms with van der Waals surface area (Å²) in [5, 5.41) is 0. The van der Waals surface area contributed by atoms with E-state index in [1.54, 1.807) is 12.1 Å². The summed E-state index contributed by atoms with van der Waals surface area (Å²) in [4.78, 5) is 0. The second-order valence-corrected chi connectivity index (χ2v) is 9.08. The van der Waals surface area contributed by atoms with Gasteiger partial charge in [0, 0.05) is 12.8 Å². The molecule has 0 radical (unpaired) electrons. The standard InChI is InChI=1S/C24H31F3O2/c1-17-16-28-23(29-17)14-12-21(13-15-23)20-8-4-18(5-9-20)2-3-19-6-10-22(11-7-19)24(25,26)27/h4,6-7,10-11,17,20-21H,2-3,5,8-9,12-16H2,1H3. The van der Waals surface area contributed by atoms with Crippen molar-refractivity contribution in [2.75, 3.05) is 6.61 Å². The zero-order valence-electron chi connectivity index (χ0n) is 17.1. The topological polar surface area (TPSA) is 18.5 Å². The maximum absolute atomic E-state index is 12.7. The molecule has 2 nitrogen and oxygen atoms in total. The summed E-state index contributed by atoms with van der Waals surface area (Å²) >= 11 is 0. The molecule has 1 aromatic rings. The fourth-order valence-electron chi connectivity index (χ4n) is 5.25. The summed E-state index contributed by atoms with van der Waals surface area (Å²) in [6.07, 6.45) is 8.02. The van der Waals surface area contributed by atoms with Crippen LogP contribution in [0.15, 0.2) is 35.9 Å². The van der Waals surface area contributed by atoms with E-state index < -0.39 is 11.7 Å². The van der Waals surface area contributed by atoms with Gasteiger partial charge >= 0.3 is 6.18 Å². The molecule has 1 saturated heterocycles. The van der Waals surface area contributed by atoms with Crippen molar-refractivity contribution in [3.8, 4) is 0 Å². The van der Waals surface area contributed by atoms with Crippen LogP contribution >= 0.6 is 0 Å². The third-order valence-corrected chi connectivity index (χ3v) is 7.02. The van der Waals surface area contributed by atoms with Crippen molar-refractivity contribution in [2.45, 2.75) is 82.8 Å². The maximum Gasteiger partial charge on any atom is 0.416 e. The first-order valence-corrected chi connectivity index (χ1v) is 11.0. The number of hydrogen-bond donors (Lipinski definition) is 0. The Morgan fingerprint density at radius 3 is 2.28 bits per heavy atom. The molecule has 2 aliphatic carbocycles. The third kappa shape index (κ3) is 5.05. The van der Waals surface area contributed by atoms with E-state index in [1.807, 2.05) is 0 Å². The van der Waals surface area contributed by atoms with Crippen LogP contribution in [0.2, 0.25) is 0 Å². The first-order valence-electron chi connectivity index (χ1n) is 11.0. The Morgan fingerprint density at radius 2 is 1.72 bits per heavy atom. The van der Waals surface area contributed by atoms with Gasteiger partial charge in [-0.05, 0) is 81.4 Å². The van der Waals surface area contributed by atoms with Crippen LogP contribution in [0.3, 0.4) is 0 Å². The van der Waals surface area contributed by atoms with Crippen LogP contribution in [-0.4, -0.2) is 18.5 Å². The van der Waals surface area contributed by atoms with Crippen LogP contribution in [-0.2, 0) is 22.1 Å².